The van der Waals surface area contributed by atoms with E-state index in [9.17, 15) is 33.9 Å². The van der Waals surface area contributed by atoms with Crippen LogP contribution >= 0.6 is 0 Å². The first-order valence-corrected chi connectivity index (χ1v) is 11.3. The number of nitrogens with one attached hydrogen (secondary N) is 2. The van der Waals surface area contributed by atoms with Gasteiger partial charge in [-0.2, -0.15) is 0 Å². The maximum atomic E-state index is 13.0. The normalized spacial score (nSPS) is 17.4. The summed E-state index contributed by atoms with van der Waals surface area (Å²) in [6, 6.07) is -4.77. The predicted octanol–water partition coefficient (Wildman–Crippen LogP) is -4.45. The summed E-state index contributed by atoms with van der Waals surface area (Å²) in [5.41, 5.74) is 26.6. The summed E-state index contributed by atoms with van der Waals surface area (Å²) in [6.07, 6.45) is 0.362. The lowest BCUT2D eigenvalue weighted by atomic mass is 10.1. The van der Waals surface area contributed by atoms with E-state index in [1.807, 2.05) is 0 Å². The Balaban J connectivity index is 2.96. The van der Waals surface area contributed by atoms with Crippen molar-refractivity contribution in [1.82, 2.24) is 15.5 Å². The van der Waals surface area contributed by atoms with Gasteiger partial charge in [0, 0.05) is 19.5 Å². The third kappa shape index (κ3) is 10.1. The Bertz CT molecular complexity index is 876. The van der Waals surface area contributed by atoms with Crippen molar-refractivity contribution in [2.45, 2.75) is 69.1 Å². The van der Waals surface area contributed by atoms with Crippen molar-refractivity contribution in [3.8, 4) is 0 Å². The van der Waals surface area contributed by atoms with Gasteiger partial charge >= 0.3 is 5.97 Å². The van der Waals surface area contributed by atoms with Crippen LogP contribution < -0.4 is 39.3 Å². The molecule has 0 aromatic rings. The van der Waals surface area contributed by atoms with E-state index in [0.29, 0.717) is 12.8 Å². The van der Waals surface area contributed by atoms with Gasteiger partial charge in [-0.15, -0.1) is 0 Å². The molecule has 202 valence electrons. The Hall–Kier alpha value is -3.95. The molecule has 1 rings (SSSR count). The van der Waals surface area contributed by atoms with Gasteiger partial charge in [0.1, 0.15) is 18.1 Å². The minimum absolute atomic E-state index is 0.0191. The zero-order valence-electron chi connectivity index (χ0n) is 19.9. The lowest BCUT2D eigenvalue weighted by molar-refractivity contribution is -0.144. The molecule has 0 aromatic heterocycles. The molecule has 4 unspecified atom stereocenters. The van der Waals surface area contributed by atoms with Gasteiger partial charge < -0.3 is 49.3 Å². The van der Waals surface area contributed by atoms with Crippen LogP contribution in [0.25, 0.3) is 0 Å². The van der Waals surface area contributed by atoms with Crippen molar-refractivity contribution in [2.24, 2.45) is 33.7 Å². The first-order valence-electron chi connectivity index (χ1n) is 11.3. The summed E-state index contributed by atoms with van der Waals surface area (Å²) in [6.45, 7) is 0.386. The molecule has 1 saturated heterocycles. The second-order valence-corrected chi connectivity index (χ2v) is 8.38. The van der Waals surface area contributed by atoms with Gasteiger partial charge in [-0.1, -0.05) is 0 Å². The van der Waals surface area contributed by atoms with Gasteiger partial charge in [0.15, 0.2) is 5.96 Å². The van der Waals surface area contributed by atoms with Crippen molar-refractivity contribution in [3.63, 3.8) is 0 Å². The van der Waals surface area contributed by atoms with Crippen molar-refractivity contribution in [3.05, 3.63) is 0 Å². The zero-order valence-corrected chi connectivity index (χ0v) is 19.9. The number of aliphatic carboxylic acids is 1. The third-order valence-corrected chi connectivity index (χ3v) is 5.46. The van der Waals surface area contributed by atoms with Crippen LogP contribution in [-0.2, 0) is 28.8 Å². The van der Waals surface area contributed by atoms with Crippen LogP contribution in [0, 0.1) is 0 Å². The number of carboxylic acid groups (broad SMARTS) is 1. The maximum absolute atomic E-state index is 13.0. The maximum Gasteiger partial charge on any atom is 0.326 e. The van der Waals surface area contributed by atoms with E-state index >= 15 is 0 Å². The average Bonchev–Trinajstić information content (AvgIpc) is 3.27. The molecule has 4 atom stereocenters. The third-order valence-electron chi connectivity index (χ3n) is 5.46. The smallest absolute Gasteiger partial charge is 0.326 e. The Morgan fingerprint density at radius 1 is 0.972 bits per heavy atom. The van der Waals surface area contributed by atoms with E-state index in [2.05, 4.69) is 15.6 Å². The SMILES string of the molecule is NC(=O)CCC(N)C(=O)N1CCCC1C(=O)NC(CCCN=C(N)N)C(=O)NC(CC(N)=O)C(=O)O. The molecule has 36 heavy (non-hydrogen) atoms. The highest BCUT2D eigenvalue weighted by molar-refractivity contribution is 5.95. The first-order chi connectivity index (χ1) is 16.8. The van der Waals surface area contributed by atoms with Gasteiger partial charge in [-0.3, -0.25) is 29.0 Å². The van der Waals surface area contributed by atoms with Crippen LogP contribution in [0.15, 0.2) is 4.99 Å². The van der Waals surface area contributed by atoms with Crippen LogP contribution in [0.5, 0.6) is 0 Å². The Morgan fingerprint density at radius 2 is 1.64 bits per heavy atom. The summed E-state index contributed by atoms with van der Waals surface area (Å²) in [4.78, 5) is 77.2. The van der Waals surface area contributed by atoms with E-state index in [1.165, 1.54) is 4.90 Å². The number of primary amides is 2. The summed E-state index contributed by atoms with van der Waals surface area (Å²) in [7, 11) is 0. The summed E-state index contributed by atoms with van der Waals surface area (Å²) < 4.78 is 0. The monoisotopic (exact) mass is 513 g/mol. The van der Waals surface area contributed by atoms with Crippen molar-refractivity contribution < 1.29 is 33.9 Å². The van der Waals surface area contributed by atoms with E-state index in [0.717, 1.165) is 0 Å². The van der Waals surface area contributed by atoms with Crippen molar-refractivity contribution >= 4 is 41.5 Å². The average molecular weight is 514 g/mol. The molecule has 0 bridgehead atoms. The number of carbonyl (C=O) groups is 6. The molecule has 0 saturated carbocycles. The molecule has 5 amide bonds. The number of hydrogen-bond donors (Lipinski definition) is 8. The molecule has 0 radical (unpaired) electrons. The highest BCUT2D eigenvalue weighted by Crippen LogP contribution is 2.19. The molecule has 16 heteroatoms. The van der Waals surface area contributed by atoms with E-state index in [-0.39, 0.29) is 44.7 Å². The van der Waals surface area contributed by atoms with Crippen LogP contribution in [0.1, 0.15) is 44.9 Å². The second kappa shape index (κ2) is 14.4. The minimum Gasteiger partial charge on any atom is -0.480 e. The van der Waals surface area contributed by atoms with Gasteiger partial charge in [-0.25, -0.2) is 4.79 Å². The number of carbonyl (C=O) groups excluding carboxylic acids is 5. The number of amides is 5. The van der Waals surface area contributed by atoms with Crippen LogP contribution in [0.2, 0.25) is 0 Å². The second-order valence-electron chi connectivity index (χ2n) is 8.38. The number of hydrogen-bond acceptors (Lipinski definition) is 8. The zero-order chi connectivity index (χ0) is 27.4. The molecule has 0 aromatic carbocycles. The topological polar surface area (TPSA) is 292 Å². The van der Waals surface area contributed by atoms with Gasteiger partial charge in [-0.05, 0) is 32.1 Å². The lowest BCUT2D eigenvalue weighted by Crippen LogP contribution is -2.57. The van der Waals surface area contributed by atoms with Crippen molar-refractivity contribution in [1.29, 1.82) is 0 Å². The van der Waals surface area contributed by atoms with Gasteiger partial charge in [0.2, 0.25) is 29.5 Å². The quantitative estimate of drug-likeness (QED) is 0.0590. The predicted molar refractivity (Wildman–Crippen MR) is 126 cm³/mol. The fourth-order valence-electron chi connectivity index (χ4n) is 3.65. The fraction of sp³-hybridized carbons (Fsp3) is 0.650. The van der Waals surface area contributed by atoms with Crippen LogP contribution in [0.4, 0.5) is 0 Å². The van der Waals surface area contributed by atoms with Crippen LogP contribution in [0.3, 0.4) is 0 Å². The highest BCUT2D eigenvalue weighted by atomic mass is 16.4. The molecule has 0 spiro atoms. The van der Waals surface area contributed by atoms with Crippen molar-refractivity contribution in [2.75, 3.05) is 13.1 Å². The summed E-state index contributed by atoms with van der Waals surface area (Å²) in [5, 5.41) is 14.0. The number of nitrogens with two attached hydrogens (primary N) is 5. The molecule has 13 N–H and O–H groups in total. The molecule has 0 aliphatic carbocycles. The van der Waals surface area contributed by atoms with E-state index < -0.39 is 66.1 Å². The first kappa shape index (κ1) is 30.1. The number of aliphatic imine (C=N–C) groups is 1. The van der Waals surface area contributed by atoms with Gasteiger partial charge in [0.05, 0.1) is 12.5 Å². The Labute approximate surface area is 207 Å². The van der Waals surface area contributed by atoms with E-state index in [1.54, 1.807) is 0 Å². The standard InChI is InChI=1S/C20H35N9O7/c21-10(5-6-14(22)30)18(34)29-8-2-4-13(29)17(33)27-11(3-1-7-26-20(24)25)16(32)28-12(19(35)36)9-15(23)31/h10-13H,1-9,21H2,(H2,22,30)(H2,23,31)(H,27,33)(H,28,32)(H,35,36)(H4,24,25,26). The van der Waals surface area contributed by atoms with E-state index in [4.69, 9.17) is 28.7 Å². The fourth-order valence-corrected chi connectivity index (χ4v) is 3.65. The molecule has 1 aliphatic heterocycles. The molecule has 1 aliphatic rings. The highest BCUT2D eigenvalue weighted by Gasteiger charge is 2.38. The summed E-state index contributed by atoms with van der Waals surface area (Å²) in [5.74, 6) is -5.24. The minimum atomic E-state index is -1.60. The molecular weight excluding hydrogens is 478 g/mol. The molecule has 1 fully saturated rings. The number of likely N-dealkylation sites (tertiary alicyclic amines) is 1. The Kier molecular flexibility index (Phi) is 12.1. The number of guanidine groups is 1. The van der Waals surface area contributed by atoms with Crippen LogP contribution in [-0.4, -0.2) is 88.7 Å². The Morgan fingerprint density at radius 3 is 2.19 bits per heavy atom. The molecule has 16 nitrogen and oxygen atoms in total. The largest absolute Gasteiger partial charge is 0.480 e. The number of rotatable bonds is 15. The summed E-state index contributed by atoms with van der Waals surface area (Å²) >= 11 is 0. The lowest BCUT2D eigenvalue weighted by Gasteiger charge is -2.28. The van der Waals surface area contributed by atoms with Gasteiger partial charge in [0.25, 0.3) is 0 Å². The molecule has 1 heterocycles. The number of carboxylic acids is 1. The number of nitrogens with zero attached hydrogens (tertiary/aromatic N) is 2. The molecular formula is C20H35N9O7.